The number of halogens is 3. The van der Waals surface area contributed by atoms with Crippen molar-refractivity contribution in [3.8, 4) is 5.69 Å². The standard InChI is InChI=1S/C30H30F3N9O3S/c1-18-3-4-20(28(44)36-22-10-21(30(31,32)33)11-23(12-22)41-14-19(2)35-17-41)9-25(18)42-15-24(38-39-42)26-13-34-29(46-26)37-27(43)16-40-5-7-45-8-6-40/h3-4,9-15,17,38-39H,5-8,16H2,1-2H3,(H,36,44)(H,34,37,43). The van der Waals surface area contributed by atoms with Crippen LogP contribution in [0.4, 0.5) is 29.7 Å². The molecule has 12 nitrogen and oxygen atoms in total. The molecule has 2 aromatic heterocycles. The smallest absolute Gasteiger partial charge is 0.379 e. The Kier molecular flexibility index (Phi) is 8.77. The van der Waals surface area contributed by atoms with E-state index >= 15 is 0 Å². The fourth-order valence-corrected chi connectivity index (χ4v) is 5.72. The second kappa shape index (κ2) is 12.9. The van der Waals surface area contributed by atoms with Crippen LogP contribution in [0.15, 0.2) is 61.3 Å². The van der Waals surface area contributed by atoms with Crippen LogP contribution in [0.25, 0.3) is 11.4 Å². The Morgan fingerprint density at radius 2 is 1.87 bits per heavy atom. The van der Waals surface area contributed by atoms with Gasteiger partial charge in [-0.05, 0) is 49.7 Å². The minimum atomic E-state index is -4.62. The molecule has 0 radical (unpaired) electrons. The third-order valence-corrected chi connectivity index (χ3v) is 8.25. The van der Waals surface area contributed by atoms with E-state index in [1.54, 1.807) is 48.7 Å². The number of imidazole rings is 1. The summed E-state index contributed by atoms with van der Waals surface area (Å²) >= 11 is 1.30. The Morgan fingerprint density at radius 3 is 2.61 bits per heavy atom. The van der Waals surface area contributed by atoms with Crippen molar-refractivity contribution >= 4 is 45.4 Å². The molecule has 1 saturated heterocycles. The number of hydrogen-bond acceptors (Lipinski definition) is 10. The number of thiazole rings is 1. The van der Waals surface area contributed by atoms with E-state index in [9.17, 15) is 22.8 Å². The van der Waals surface area contributed by atoms with E-state index in [0.29, 0.717) is 48.5 Å². The van der Waals surface area contributed by atoms with Crippen LogP contribution in [0, 0.1) is 13.8 Å². The molecule has 16 heteroatoms. The second-order valence-electron chi connectivity index (χ2n) is 10.8. The van der Waals surface area contributed by atoms with Gasteiger partial charge in [0.1, 0.15) is 0 Å². The molecule has 1 fully saturated rings. The predicted octanol–water partition coefficient (Wildman–Crippen LogP) is 4.32. The van der Waals surface area contributed by atoms with Gasteiger partial charge in [-0.25, -0.2) is 9.97 Å². The zero-order valence-corrected chi connectivity index (χ0v) is 25.6. The third kappa shape index (κ3) is 7.20. The molecule has 46 heavy (non-hydrogen) atoms. The number of alkyl halides is 3. The molecule has 0 aliphatic carbocycles. The highest BCUT2D eigenvalue weighted by Gasteiger charge is 2.32. The first-order chi connectivity index (χ1) is 22.0. The van der Waals surface area contributed by atoms with Gasteiger partial charge in [-0.2, -0.15) is 13.2 Å². The van der Waals surface area contributed by atoms with E-state index in [4.69, 9.17) is 4.74 Å². The lowest BCUT2D eigenvalue weighted by Gasteiger charge is -2.25. The first-order valence-corrected chi connectivity index (χ1v) is 15.1. The highest BCUT2D eigenvalue weighted by Crippen LogP contribution is 2.34. The summed E-state index contributed by atoms with van der Waals surface area (Å²) in [6.07, 6.45) is 1.82. The van der Waals surface area contributed by atoms with E-state index < -0.39 is 17.6 Å². The third-order valence-electron chi connectivity index (χ3n) is 7.30. The Balaban J connectivity index is 1.16. The normalized spacial score (nSPS) is 15.4. The van der Waals surface area contributed by atoms with E-state index in [1.165, 1.54) is 28.3 Å². The number of amides is 2. The lowest BCUT2D eigenvalue weighted by molar-refractivity contribution is -0.137. The zero-order chi connectivity index (χ0) is 32.4. The van der Waals surface area contributed by atoms with Crippen LogP contribution in [0.1, 0.15) is 32.1 Å². The fourth-order valence-electron chi connectivity index (χ4n) is 4.92. The summed E-state index contributed by atoms with van der Waals surface area (Å²) < 4.78 is 47.9. The number of anilines is 3. The van der Waals surface area contributed by atoms with Gasteiger partial charge in [0.2, 0.25) is 5.91 Å². The van der Waals surface area contributed by atoms with Gasteiger partial charge in [0.05, 0.1) is 53.6 Å². The number of rotatable bonds is 8. The molecule has 0 unspecified atom stereocenters. The van der Waals surface area contributed by atoms with Crippen LogP contribution in [-0.2, 0) is 15.7 Å². The molecule has 0 saturated carbocycles. The molecule has 0 atom stereocenters. The van der Waals surface area contributed by atoms with Crippen LogP contribution >= 0.6 is 11.3 Å². The van der Waals surface area contributed by atoms with Gasteiger partial charge in [0.15, 0.2) is 5.13 Å². The van der Waals surface area contributed by atoms with Crippen LogP contribution in [0.5, 0.6) is 0 Å². The Bertz CT molecular complexity index is 1800. The van der Waals surface area contributed by atoms with Crippen molar-refractivity contribution in [2.75, 3.05) is 48.5 Å². The van der Waals surface area contributed by atoms with Crippen molar-refractivity contribution in [3.63, 3.8) is 0 Å². The lowest BCUT2D eigenvalue weighted by Crippen LogP contribution is -2.41. The summed E-state index contributed by atoms with van der Waals surface area (Å²) in [6, 6.07) is 8.34. The Labute approximate surface area is 265 Å². The summed E-state index contributed by atoms with van der Waals surface area (Å²) in [7, 11) is 0. The average molecular weight is 654 g/mol. The molecule has 6 rings (SSSR count). The van der Waals surface area contributed by atoms with Crippen molar-refractivity contribution in [2.24, 2.45) is 0 Å². The number of benzene rings is 2. The quantitative estimate of drug-likeness (QED) is 0.220. The van der Waals surface area contributed by atoms with E-state index in [0.717, 1.165) is 22.6 Å². The van der Waals surface area contributed by atoms with Gasteiger partial charge in [-0.15, -0.1) is 5.53 Å². The highest BCUT2D eigenvalue weighted by atomic mass is 32.1. The number of nitrogens with zero attached hydrogens (tertiary/aromatic N) is 5. The SMILES string of the molecule is Cc1cn(-c2cc(NC(=O)c3ccc(C)c(N4C=C(c5cnc(NC(=O)CN6CCOCC6)s5)NN4)c3)cc(C(F)(F)F)c2)cn1. The molecule has 2 aromatic carbocycles. The van der Waals surface area contributed by atoms with Gasteiger partial charge < -0.3 is 25.4 Å². The van der Waals surface area contributed by atoms with Crippen LogP contribution in [-0.4, -0.2) is 64.1 Å². The minimum absolute atomic E-state index is 0.00974. The highest BCUT2D eigenvalue weighted by molar-refractivity contribution is 7.16. The number of aromatic nitrogens is 3. The van der Waals surface area contributed by atoms with Crippen molar-refractivity contribution < 1.29 is 27.5 Å². The molecular formula is C30H30F3N9O3S. The number of hydrazine groups is 2. The number of ether oxygens (including phenoxy) is 1. The molecule has 0 spiro atoms. The number of morpholine rings is 1. The summed E-state index contributed by atoms with van der Waals surface area (Å²) in [4.78, 5) is 36.9. The van der Waals surface area contributed by atoms with Gasteiger partial charge in [-0.3, -0.25) is 19.5 Å². The summed E-state index contributed by atoms with van der Waals surface area (Å²) in [5.41, 5.74) is 8.44. The maximum Gasteiger partial charge on any atom is 0.416 e. The van der Waals surface area contributed by atoms with Crippen molar-refractivity contribution in [3.05, 3.63) is 88.6 Å². The fraction of sp³-hybridized carbons (Fsp3) is 0.267. The van der Waals surface area contributed by atoms with E-state index in [1.807, 2.05) is 11.8 Å². The van der Waals surface area contributed by atoms with Crippen LogP contribution in [0.3, 0.4) is 0 Å². The molecule has 2 aliphatic heterocycles. The van der Waals surface area contributed by atoms with E-state index in [2.05, 4.69) is 31.6 Å². The maximum atomic E-state index is 13.7. The number of aryl methyl sites for hydroxylation is 2. The van der Waals surface area contributed by atoms with Crippen LogP contribution in [0.2, 0.25) is 0 Å². The minimum Gasteiger partial charge on any atom is -0.379 e. The largest absolute Gasteiger partial charge is 0.416 e. The summed E-state index contributed by atoms with van der Waals surface area (Å²) in [6.45, 7) is 6.48. The van der Waals surface area contributed by atoms with Crippen molar-refractivity contribution in [1.82, 2.24) is 30.4 Å². The Hall–Kier alpha value is -4.77. The molecule has 240 valence electrons. The average Bonchev–Trinajstić information content (AvgIpc) is 3.79. The number of nitrogens with one attached hydrogen (secondary N) is 4. The van der Waals surface area contributed by atoms with Crippen molar-refractivity contribution in [2.45, 2.75) is 20.0 Å². The predicted molar refractivity (Wildman–Crippen MR) is 167 cm³/mol. The zero-order valence-electron chi connectivity index (χ0n) is 24.8. The molecule has 4 aromatic rings. The van der Waals surface area contributed by atoms with Crippen LogP contribution < -0.4 is 26.6 Å². The van der Waals surface area contributed by atoms with Gasteiger partial charge in [0.25, 0.3) is 5.91 Å². The van der Waals surface area contributed by atoms with Gasteiger partial charge >= 0.3 is 6.18 Å². The molecule has 2 aliphatic rings. The molecule has 4 N–H and O–H groups in total. The summed E-state index contributed by atoms with van der Waals surface area (Å²) in [5.74, 6) is -0.732. The van der Waals surface area contributed by atoms with E-state index in [-0.39, 0.29) is 29.4 Å². The topological polar surface area (TPSA) is 129 Å². The first kappa shape index (κ1) is 31.2. The summed E-state index contributed by atoms with van der Waals surface area (Å²) in [5, 5.41) is 7.59. The molecular weight excluding hydrogens is 623 g/mol. The Morgan fingerprint density at radius 1 is 1.07 bits per heavy atom. The number of carbonyl (C=O) groups excluding carboxylic acids is 2. The second-order valence-corrected chi connectivity index (χ2v) is 11.8. The lowest BCUT2D eigenvalue weighted by atomic mass is 10.1. The first-order valence-electron chi connectivity index (χ1n) is 14.3. The van der Waals surface area contributed by atoms with Crippen molar-refractivity contribution in [1.29, 1.82) is 0 Å². The maximum absolute atomic E-state index is 13.7. The monoisotopic (exact) mass is 653 g/mol. The van der Waals surface area contributed by atoms with Gasteiger partial charge in [0, 0.05) is 48.6 Å². The van der Waals surface area contributed by atoms with Gasteiger partial charge in [-0.1, -0.05) is 17.4 Å². The number of carbonyl (C=O) groups is 2. The number of hydrogen-bond donors (Lipinski definition) is 4. The molecule has 2 amide bonds. The molecule has 4 heterocycles. The molecule has 0 bridgehead atoms.